The number of thiocarbonyl (C=S) groups is 1. The Kier molecular flexibility index (Phi) is 8.70. The van der Waals surface area contributed by atoms with Gasteiger partial charge in [-0.2, -0.15) is 18.5 Å². The van der Waals surface area contributed by atoms with Crippen LogP contribution in [-0.4, -0.2) is 5.16 Å². The average molecular weight is 356 g/mol. The number of rotatable bonds is 6. The zero-order chi connectivity index (χ0) is 16.7. The quantitative estimate of drug-likeness (QED) is 0.319. The Labute approximate surface area is 157 Å². The summed E-state index contributed by atoms with van der Waals surface area (Å²) in [5.74, 6) is 0. The number of fused-ring (bicyclic) bond motifs is 1. The van der Waals surface area contributed by atoms with E-state index in [0.717, 1.165) is 12.1 Å². The third kappa shape index (κ3) is 5.76. The second kappa shape index (κ2) is 10.2. The topological polar surface area (TPSA) is 12.4 Å². The summed E-state index contributed by atoms with van der Waals surface area (Å²) in [5.41, 5.74) is 4.73. The number of allylic oxidation sites excluding steroid dienone is 4. The Morgan fingerprint density at radius 3 is 2.50 bits per heavy atom. The Morgan fingerprint density at radius 1 is 1.08 bits per heavy atom. The van der Waals surface area contributed by atoms with Crippen LogP contribution in [0.2, 0.25) is 0 Å². The van der Waals surface area contributed by atoms with Gasteiger partial charge in [-0.05, 0) is 78.5 Å². The van der Waals surface area contributed by atoms with Crippen molar-refractivity contribution in [1.82, 2.24) is 0 Å². The highest BCUT2D eigenvalue weighted by molar-refractivity contribution is 7.78. The lowest BCUT2D eigenvalue weighted by Crippen LogP contribution is -1.86. The van der Waals surface area contributed by atoms with Crippen molar-refractivity contribution in [3.8, 4) is 0 Å². The summed E-state index contributed by atoms with van der Waals surface area (Å²) in [6.45, 7) is 6.26. The van der Waals surface area contributed by atoms with Crippen molar-refractivity contribution in [2.75, 3.05) is 0 Å². The number of aryl methyl sites for hydroxylation is 1. The van der Waals surface area contributed by atoms with Crippen LogP contribution in [0.25, 0.3) is 16.3 Å². The molecule has 0 radical (unpaired) electrons. The molecule has 0 saturated heterocycles. The number of hydrogen-bond donors (Lipinski definition) is 0. The first-order chi connectivity index (χ1) is 11.1. The molecule has 0 aliphatic rings. The summed E-state index contributed by atoms with van der Waals surface area (Å²) in [7, 11) is 0. The SMILES string of the molecule is CCCCc1ccc2cc(/C(C)=C/C=C(\C)N=C=S)ccc2c1.S. The van der Waals surface area contributed by atoms with Gasteiger partial charge in [-0.25, -0.2) is 0 Å². The molecule has 0 aromatic heterocycles. The van der Waals surface area contributed by atoms with Crippen molar-refractivity contribution in [2.24, 2.45) is 4.99 Å². The molecular weight excluding hydrogens is 330 g/mol. The molecule has 0 atom stereocenters. The number of unbranched alkanes of at least 4 members (excludes halogenated alkanes) is 1. The van der Waals surface area contributed by atoms with Gasteiger partial charge in [-0.15, -0.1) is 0 Å². The molecule has 2 aromatic carbocycles. The molecule has 0 aliphatic heterocycles. The molecule has 0 heterocycles. The summed E-state index contributed by atoms with van der Waals surface area (Å²) in [4.78, 5) is 3.96. The van der Waals surface area contributed by atoms with Gasteiger partial charge in [0, 0.05) is 5.70 Å². The fourth-order valence-corrected chi connectivity index (χ4v) is 2.67. The van der Waals surface area contributed by atoms with Crippen molar-refractivity contribution >= 4 is 47.2 Å². The van der Waals surface area contributed by atoms with Crippen LogP contribution >= 0.6 is 25.7 Å². The van der Waals surface area contributed by atoms with Crippen molar-refractivity contribution in [3.05, 3.63) is 65.4 Å². The number of aliphatic imine (C=N–C) groups is 1. The number of nitrogens with zero attached hydrogens (tertiary/aromatic N) is 1. The van der Waals surface area contributed by atoms with E-state index >= 15 is 0 Å². The Bertz CT molecular complexity index is 797. The monoisotopic (exact) mass is 355 g/mol. The van der Waals surface area contributed by atoms with Gasteiger partial charge in [0.05, 0.1) is 5.16 Å². The summed E-state index contributed by atoms with van der Waals surface area (Å²) < 4.78 is 0. The van der Waals surface area contributed by atoms with Crippen LogP contribution < -0.4 is 0 Å². The highest BCUT2D eigenvalue weighted by Gasteiger charge is 2.00. The lowest BCUT2D eigenvalue weighted by atomic mass is 9.99. The minimum absolute atomic E-state index is 0. The molecule has 24 heavy (non-hydrogen) atoms. The molecule has 0 aliphatic carbocycles. The standard InChI is InChI=1S/C21H23NS.H2S/c1-4-5-6-18-9-10-21-14-19(11-12-20(21)13-18)16(2)7-8-17(3)22-15-23;/h7-14H,4-6H2,1-3H3;1H2/b16-7+,17-8+;. The zero-order valence-electron chi connectivity index (χ0n) is 14.6. The van der Waals surface area contributed by atoms with E-state index in [9.17, 15) is 0 Å². The van der Waals surface area contributed by atoms with E-state index in [0.29, 0.717) is 0 Å². The number of hydrogen-bond acceptors (Lipinski definition) is 2. The highest BCUT2D eigenvalue weighted by atomic mass is 32.1. The number of benzene rings is 2. The van der Waals surface area contributed by atoms with E-state index in [2.05, 4.69) is 78.7 Å². The molecule has 3 heteroatoms. The normalized spacial score (nSPS) is 11.8. The van der Waals surface area contributed by atoms with Crippen LogP contribution in [0, 0.1) is 0 Å². The fraction of sp³-hybridized carbons (Fsp3) is 0.286. The Balaban J connectivity index is 0.00000288. The van der Waals surface area contributed by atoms with Crippen molar-refractivity contribution in [1.29, 1.82) is 0 Å². The lowest BCUT2D eigenvalue weighted by Gasteiger charge is -2.06. The minimum Gasteiger partial charge on any atom is -0.200 e. The molecule has 1 nitrogen and oxygen atoms in total. The lowest BCUT2D eigenvalue weighted by molar-refractivity contribution is 0.796. The predicted molar refractivity (Wildman–Crippen MR) is 115 cm³/mol. The molecule has 126 valence electrons. The van der Waals surface area contributed by atoms with Gasteiger partial charge in [-0.1, -0.05) is 49.8 Å². The smallest absolute Gasteiger partial charge is 0.0637 e. The van der Waals surface area contributed by atoms with Crippen molar-refractivity contribution < 1.29 is 0 Å². The van der Waals surface area contributed by atoms with E-state index in [4.69, 9.17) is 0 Å². The second-order valence-corrected chi connectivity index (χ2v) is 6.04. The van der Waals surface area contributed by atoms with E-state index in [1.165, 1.54) is 40.3 Å². The van der Waals surface area contributed by atoms with E-state index < -0.39 is 0 Å². The van der Waals surface area contributed by atoms with Gasteiger partial charge >= 0.3 is 0 Å². The van der Waals surface area contributed by atoms with Crippen molar-refractivity contribution in [2.45, 2.75) is 40.0 Å². The molecule has 0 saturated carbocycles. The van der Waals surface area contributed by atoms with E-state index in [1.807, 2.05) is 13.0 Å². The second-order valence-electron chi connectivity index (χ2n) is 5.86. The highest BCUT2D eigenvalue weighted by Crippen LogP contribution is 2.23. The molecule has 0 unspecified atom stereocenters. The van der Waals surface area contributed by atoms with Gasteiger partial charge in [-0.3, -0.25) is 0 Å². The fourth-order valence-electron chi connectivity index (χ4n) is 2.53. The van der Waals surface area contributed by atoms with Crippen LogP contribution in [0.1, 0.15) is 44.7 Å². The first-order valence-corrected chi connectivity index (χ1v) is 8.51. The Hall–Kier alpha value is -1.67. The van der Waals surface area contributed by atoms with Gasteiger partial charge in [0.15, 0.2) is 0 Å². The maximum absolute atomic E-state index is 4.61. The molecule has 0 N–H and O–H groups in total. The summed E-state index contributed by atoms with van der Waals surface area (Å²) in [6, 6.07) is 13.4. The third-order valence-electron chi connectivity index (χ3n) is 3.98. The van der Waals surface area contributed by atoms with Gasteiger partial charge in [0.2, 0.25) is 0 Å². The maximum Gasteiger partial charge on any atom is 0.0637 e. The van der Waals surface area contributed by atoms with Crippen LogP contribution in [0.5, 0.6) is 0 Å². The predicted octanol–water partition coefficient (Wildman–Crippen LogP) is 6.71. The minimum atomic E-state index is 0. The first kappa shape index (κ1) is 20.4. The molecule has 0 fully saturated rings. The van der Waals surface area contributed by atoms with Crippen LogP contribution in [-0.2, 0) is 6.42 Å². The molecule has 2 aromatic rings. The summed E-state index contributed by atoms with van der Waals surface area (Å²) in [6.07, 6.45) is 7.69. The molecule has 0 spiro atoms. The van der Waals surface area contributed by atoms with E-state index in [-0.39, 0.29) is 13.5 Å². The molecule has 0 amide bonds. The largest absolute Gasteiger partial charge is 0.200 e. The molecule has 2 rings (SSSR count). The van der Waals surface area contributed by atoms with Crippen LogP contribution in [0.4, 0.5) is 0 Å². The maximum atomic E-state index is 4.61. The Morgan fingerprint density at radius 2 is 1.79 bits per heavy atom. The van der Waals surface area contributed by atoms with Crippen LogP contribution in [0.15, 0.2) is 59.2 Å². The first-order valence-electron chi connectivity index (χ1n) is 8.10. The third-order valence-corrected chi connectivity index (χ3v) is 4.07. The van der Waals surface area contributed by atoms with Crippen LogP contribution in [0.3, 0.4) is 0 Å². The zero-order valence-corrected chi connectivity index (χ0v) is 16.4. The van der Waals surface area contributed by atoms with Gasteiger partial charge in [0.25, 0.3) is 0 Å². The molecule has 0 bridgehead atoms. The van der Waals surface area contributed by atoms with Gasteiger partial charge < -0.3 is 0 Å². The van der Waals surface area contributed by atoms with Crippen molar-refractivity contribution in [3.63, 3.8) is 0 Å². The van der Waals surface area contributed by atoms with Gasteiger partial charge in [0.1, 0.15) is 0 Å². The average Bonchev–Trinajstić information content (AvgIpc) is 2.57. The summed E-state index contributed by atoms with van der Waals surface area (Å²) >= 11 is 4.61. The molecular formula is C21H25NS2. The number of isothiocyanates is 1. The summed E-state index contributed by atoms with van der Waals surface area (Å²) in [5, 5.41) is 4.98. The van der Waals surface area contributed by atoms with E-state index in [1.54, 1.807) is 0 Å².